The van der Waals surface area contributed by atoms with Crippen LogP contribution in [0.4, 0.5) is 0 Å². The summed E-state index contributed by atoms with van der Waals surface area (Å²) in [6, 6.07) is 8.06. The molecule has 1 nitrogen and oxygen atoms in total. The molecule has 0 aliphatic heterocycles. The highest BCUT2D eigenvalue weighted by Gasteiger charge is 2.35. The first-order valence-corrected chi connectivity index (χ1v) is 6.27. The van der Waals surface area contributed by atoms with Crippen molar-refractivity contribution in [1.29, 1.82) is 5.26 Å². The first-order valence-electron chi connectivity index (χ1n) is 6.27. The van der Waals surface area contributed by atoms with Gasteiger partial charge in [0.1, 0.15) is 0 Å². The lowest BCUT2D eigenvalue weighted by atomic mass is 9.80. The first-order chi connectivity index (χ1) is 9.06. The minimum atomic E-state index is -0.120. The van der Waals surface area contributed by atoms with E-state index in [-0.39, 0.29) is 5.41 Å². The minimum absolute atomic E-state index is 0.120. The van der Waals surface area contributed by atoms with Gasteiger partial charge in [0.15, 0.2) is 0 Å². The van der Waals surface area contributed by atoms with Gasteiger partial charge in [-0.1, -0.05) is 57.4 Å². The van der Waals surface area contributed by atoms with Gasteiger partial charge in [0, 0.05) is 5.41 Å². The van der Waals surface area contributed by atoms with Gasteiger partial charge in [-0.25, -0.2) is 0 Å². The Bertz CT molecular complexity index is 649. The maximum absolute atomic E-state index is 9.06. The van der Waals surface area contributed by atoms with Crippen LogP contribution in [-0.2, 0) is 5.41 Å². The Morgan fingerprint density at radius 3 is 2.58 bits per heavy atom. The van der Waals surface area contributed by atoms with Crippen molar-refractivity contribution in [1.82, 2.24) is 0 Å². The Morgan fingerprint density at radius 2 is 2.00 bits per heavy atom. The summed E-state index contributed by atoms with van der Waals surface area (Å²) in [5, 5.41) is 9.06. The molecule has 0 N–H and O–H groups in total. The molecule has 1 heteroatoms. The summed E-state index contributed by atoms with van der Waals surface area (Å²) in [6.45, 7) is 12.0. The van der Waals surface area contributed by atoms with Crippen LogP contribution >= 0.6 is 0 Å². The van der Waals surface area contributed by atoms with E-state index in [4.69, 9.17) is 5.26 Å². The van der Waals surface area contributed by atoms with E-state index in [1.165, 1.54) is 16.7 Å². The number of hydrogen-bond donors (Lipinski definition) is 0. The van der Waals surface area contributed by atoms with E-state index in [0.29, 0.717) is 5.56 Å². The van der Waals surface area contributed by atoms with E-state index in [9.17, 15) is 0 Å². The molecule has 1 aromatic rings. The molecule has 0 fully saturated rings. The van der Waals surface area contributed by atoms with Gasteiger partial charge in [0.25, 0.3) is 0 Å². The smallest absolute Gasteiger partial charge is 0.0991 e. The highest BCUT2D eigenvalue weighted by molar-refractivity contribution is 5.87. The minimum Gasteiger partial charge on any atom is -0.192 e. The van der Waals surface area contributed by atoms with Gasteiger partial charge in [0.05, 0.1) is 11.6 Å². The predicted molar refractivity (Wildman–Crippen MR) is 80.6 cm³/mol. The highest BCUT2D eigenvalue weighted by Crippen LogP contribution is 2.47. The molecule has 0 saturated heterocycles. The van der Waals surface area contributed by atoms with Crippen LogP contribution < -0.4 is 0 Å². The fourth-order valence-electron chi connectivity index (χ4n) is 2.67. The van der Waals surface area contributed by atoms with Crippen LogP contribution in [0.5, 0.6) is 0 Å². The number of fused-ring (bicyclic) bond motifs is 1. The summed E-state index contributed by atoms with van der Waals surface area (Å²) in [4.78, 5) is 0. The number of benzene rings is 1. The molecule has 0 unspecified atom stereocenters. The van der Waals surface area contributed by atoms with Gasteiger partial charge in [0.2, 0.25) is 0 Å². The third-order valence-electron chi connectivity index (χ3n) is 3.68. The standard InChI is InChI=1S/C18H17N/c1-5-7-8-16-14(6-2)15-10-9-13(12-19)11-17(15)18(16,3)4/h5-11H,1-2H2,3-4H3/b8-7-. The highest BCUT2D eigenvalue weighted by atomic mass is 14.4. The number of nitrogens with zero attached hydrogens (tertiary/aromatic N) is 1. The Kier molecular flexibility index (Phi) is 3.27. The van der Waals surface area contributed by atoms with Gasteiger partial charge in [-0.05, 0) is 34.4 Å². The monoisotopic (exact) mass is 247 g/mol. The molecule has 0 atom stereocenters. The average molecular weight is 247 g/mol. The third-order valence-corrected chi connectivity index (χ3v) is 3.68. The summed E-state index contributed by atoms with van der Waals surface area (Å²) < 4.78 is 0. The molecular weight excluding hydrogens is 230 g/mol. The first kappa shape index (κ1) is 13.1. The number of nitriles is 1. The molecule has 1 aliphatic rings. The van der Waals surface area contributed by atoms with E-state index < -0.39 is 0 Å². The van der Waals surface area contributed by atoms with E-state index in [2.05, 4.69) is 39.2 Å². The van der Waals surface area contributed by atoms with Crippen LogP contribution in [0.25, 0.3) is 5.57 Å². The quantitative estimate of drug-likeness (QED) is 0.720. The SMILES string of the molecule is C=C/C=C\C1=C(C=C)c2ccc(C#N)cc2C1(C)C. The van der Waals surface area contributed by atoms with Crippen LogP contribution in [0.3, 0.4) is 0 Å². The maximum Gasteiger partial charge on any atom is 0.0991 e. The second kappa shape index (κ2) is 4.74. The molecule has 0 aromatic heterocycles. The molecule has 0 amide bonds. The van der Waals surface area contributed by atoms with Gasteiger partial charge in [-0.3, -0.25) is 0 Å². The fourth-order valence-corrected chi connectivity index (χ4v) is 2.67. The number of allylic oxidation sites excluding steroid dienone is 6. The van der Waals surface area contributed by atoms with Crippen molar-refractivity contribution in [2.75, 3.05) is 0 Å². The molecule has 1 aromatic carbocycles. The summed E-state index contributed by atoms with van der Waals surface area (Å²) >= 11 is 0. The molecule has 94 valence electrons. The van der Waals surface area contributed by atoms with Crippen LogP contribution in [0.1, 0.15) is 30.5 Å². The van der Waals surface area contributed by atoms with Crippen molar-refractivity contribution in [2.45, 2.75) is 19.3 Å². The molecule has 0 saturated carbocycles. The lowest BCUT2D eigenvalue weighted by molar-refractivity contribution is 0.654. The second-order valence-electron chi connectivity index (χ2n) is 5.12. The van der Waals surface area contributed by atoms with Crippen molar-refractivity contribution < 1.29 is 0 Å². The second-order valence-corrected chi connectivity index (χ2v) is 5.12. The van der Waals surface area contributed by atoms with Crippen LogP contribution in [0.15, 0.2) is 61.2 Å². The zero-order valence-corrected chi connectivity index (χ0v) is 11.4. The molecule has 1 aliphatic carbocycles. The number of rotatable bonds is 3. The predicted octanol–water partition coefficient (Wildman–Crippen LogP) is 4.53. The van der Waals surface area contributed by atoms with Crippen molar-refractivity contribution in [3.05, 3.63) is 77.9 Å². The largest absolute Gasteiger partial charge is 0.192 e. The van der Waals surface area contributed by atoms with Gasteiger partial charge in [-0.15, -0.1) is 0 Å². The summed E-state index contributed by atoms with van der Waals surface area (Å²) in [7, 11) is 0. The van der Waals surface area contributed by atoms with Crippen molar-refractivity contribution in [3.8, 4) is 6.07 Å². The molecule has 0 bridgehead atoms. The molecule has 19 heavy (non-hydrogen) atoms. The van der Waals surface area contributed by atoms with E-state index >= 15 is 0 Å². The maximum atomic E-state index is 9.06. The molecule has 0 heterocycles. The Labute approximate surface area is 114 Å². The van der Waals surface area contributed by atoms with Gasteiger partial charge in [-0.2, -0.15) is 5.26 Å². The summed E-state index contributed by atoms with van der Waals surface area (Å²) in [5.74, 6) is 0. The molecule has 2 rings (SSSR count). The fraction of sp³-hybridized carbons (Fsp3) is 0.167. The van der Waals surface area contributed by atoms with Crippen LogP contribution in [-0.4, -0.2) is 0 Å². The molecule has 0 spiro atoms. The van der Waals surface area contributed by atoms with Gasteiger partial charge >= 0.3 is 0 Å². The van der Waals surface area contributed by atoms with Crippen molar-refractivity contribution >= 4 is 5.57 Å². The summed E-state index contributed by atoms with van der Waals surface area (Å²) in [5.41, 5.74) is 5.29. The Balaban J connectivity index is 2.71. The van der Waals surface area contributed by atoms with E-state index in [1.807, 2.05) is 30.4 Å². The normalized spacial score (nSPS) is 16.3. The van der Waals surface area contributed by atoms with E-state index in [1.54, 1.807) is 6.08 Å². The van der Waals surface area contributed by atoms with Crippen molar-refractivity contribution in [3.63, 3.8) is 0 Å². The molecule has 0 radical (unpaired) electrons. The van der Waals surface area contributed by atoms with Crippen LogP contribution in [0, 0.1) is 11.3 Å². The van der Waals surface area contributed by atoms with E-state index in [0.717, 1.165) is 5.57 Å². The zero-order chi connectivity index (χ0) is 14.0. The third kappa shape index (κ3) is 1.96. The number of hydrogen-bond acceptors (Lipinski definition) is 1. The topological polar surface area (TPSA) is 23.8 Å². The van der Waals surface area contributed by atoms with Crippen LogP contribution in [0.2, 0.25) is 0 Å². The lowest BCUT2D eigenvalue weighted by Gasteiger charge is -2.22. The molecular formula is C18H17N. The van der Waals surface area contributed by atoms with Gasteiger partial charge < -0.3 is 0 Å². The zero-order valence-electron chi connectivity index (χ0n) is 11.4. The Morgan fingerprint density at radius 1 is 1.26 bits per heavy atom. The average Bonchev–Trinajstić information content (AvgIpc) is 2.63. The lowest BCUT2D eigenvalue weighted by Crippen LogP contribution is -2.16. The van der Waals surface area contributed by atoms with Crippen molar-refractivity contribution in [2.24, 2.45) is 0 Å². The summed E-state index contributed by atoms with van der Waals surface area (Å²) in [6.07, 6.45) is 7.68. The Hall–Kier alpha value is -2.33.